The molecule has 3 nitrogen and oxygen atoms in total. The van der Waals surface area contributed by atoms with Crippen LogP contribution in [0, 0.1) is 5.82 Å². The molecule has 0 aliphatic carbocycles. The molecule has 0 aliphatic rings. The Morgan fingerprint density at radius 1 is 1.47 bits per heavy atom. The van der Waals surface area contributed by atoms with E-state index in [9.17, 15) is 4.39 Å². The Kier molecular flexibility index (Phi) is 3.78. The Bertz CT molecular complexity index is 510. The van der Waals surface area contributed by atoms with Crippen molar-refractivity contribution in [2.75, 3.05) is 5.32 Å². The summed E-state index contributed by atoms with van der Waals surface area (Å²) in [6.45, 7) is 3.47. The minimum Gasteiger partial charge on any atom is -0.377 e. The first-order valence-electron chi connectivity index (χ1n) is 5.38. The van der Waals surface area contributed by atoms with Crippen LogP contribution in [0.15, 0.2) is 35.2 Å². The van der Waals surface area contributed by atoms with Crippen LogP contribution in [-0.2, 0) is 13.1 Å². The smallest absolute Gasteiger partial charge is 0.147 e. The van der Waals surface area contributed by atoms with Gasteiger partial charge in [0.1, 0.15) is 5.82 Å². The normalized spacial score (nSPS) is 10.5. The lowest BCUT2D eigenvalue weighted by Crippen LogP contribution is -2.06. The number of hydrogen-bond acceptors (Lipinski definition) is 2. The van der Waals surface area contributed by atoms with Crippen LogP contribution in [0.4, 0.5) is 10.1 Å². The maximum atomic E-state index is 13.5. The van der Waals surface area contributed by atoms with Gasteiger partial charge in [-0.1, -0.05) is 15.9 Å². The van der Waals surface area contributed by atoms with Gasteiger partial charge in [-0.15, -0.1) is 0 Å². The summed E-state index contributed by atoms with van der Waals surface area (Å²) in [5.74, 6) is -0.262. The number of aromatic nitrogens is 2. The first kappa shape index (κ1) is 12.1. The van der Waals surface area contributed by atoms with Crippen molar-refractivity contribution >= 4 is 21.6 Å². The van der Waals surface area contributed by atoms with E-state index in [0.29, 0.717) is 12.2 Å². The van der Waals surface area contributed by atoms with Gasteiger partial charge in [-0.2, -0.15) is 0 Å². The third kappa shape index (κ3) is 2.85. The minimum atomic E-state index is -0.262. The summed E-state index contributed by atoms with van der Waals surface area (Å²) in [7, 11) is 0. The predicted molar refractivity (Wildman–Crippen MR) is 69.3 cm³/mol. The summed E-state index contributed by atoms with van der Waals surface area (Å²) in [5.41, 5.74) is 1.53. The van der Waals surface area contributed by atoms with E-state index in [0.717, 1.165) is 16.7 Å². The van der Waals surface area contributed by atoms with E-state index < -0.39 is 0 Å². The predicted octanol–water partition coefficient (Wildman–Crippen LogP) is 3.42. The second kappa shape index (κ2) is 5.31. The molecule has 0 spiro atoms. The quantitative estimate of drug-likeness (QED) is 0.937. The van der Waals surface area contributed by atoms with E-state index in [2.05, 4.69) is 26.2 Å². The lowest BCUT2D eigenvalue weighted by Gasteiger charge is -2.09. The molecule has 0 bridgehead atoms. The molecule has 0 amide bonds. The Labute approximate surface area is 108 Å². The van der Waals surface area contributed by atoms with Crippen LogP contribution < -0.4 is 5.32 Å². The number of anilines is 1. The van der Waals surface area contributed by atoms with E-state index >= 15 is 0 Å². The monoisotopic (exact) mass is 297 g/mol. The highest BCUT2D eigenvalue weighted by Gasteiger charge is 2.04. The molecule has 17 heavy (non-hydrogen) atoms. The second-order valence-corrected chi connectivity index (χ2v) is 4.56. The zero-order chi connectivity index (χ0) is 12.3. The Morgan fingerprint density at radius 2 is 2.29 bits per heavy atom. The third-order valence-electron chi connectivity index (χ3n) is 2.53. The number of aryl methyl sites for hydroxylation is 1. The van der Waals surface area contributed by atoms with Crippen molar-refractivity contribution in [3.8, 4) is 0 Å². The molecule has 1 aromatic carbocycles. The number of benzene rings is 1. The highest BCUT2D eigenvalue weighted by Crippen LogP contribution is 2.19. The fourth-order valence-corrected chi connectivity index (χ4v) is 1.93. The van der Waals surface area contributed by atoms with Crippen LogP contribution in [0.1, 0.15) is 12.6 Å². The number of hydrogen-bond donors (Lipinski definition) is 1. The molecular weight excluding hydrogens is 285 g/mol. The SMILES string of the molecule is CCn1cncc1CNc1ccc(Br)cc1F. The van der Waals surface area contributed by atoms with Crippen molar-refractivity contribution < 1.29 is 4.39 Å². The maximum absolute atomic E-state index is 13.5. The molecule has 0 saturated carbocycles. The van der Waals surface area contributed by atoms with Crippen molar-refractivity contribution in [1.82, 2.24) is 9.55 Å². The standard InChI is InChI=1S/C12H13BrFN3/c1-2-17-8-15-6-10(17)7-16-12-4-3-9(13)5-11(12)14/h3-6,8,16H,2,7H2,1H3. The van der Waals surface area contributed by atoms with E-state index in [1.54, 1.807) is 18.6 Å². The largest absolute Gasteiger partial charge is 0.377 e. The topological polar surface area (TPSA) is 29.9 Å². The molecule has 0 fully saturated rings. The molecule has 90 valence electrons. The van der Waals surface area contributed by atoms with Crippen LogP contribution in [0.25, 0.3) is 0 Å². The molecule has 1 heterocycles. The average Bonchev–Trinajstić information content (AvgIpc) is 2.75. The number of imidazole rings is 1. The number of nitrogens with zero attached hydrogens (tertiary/aromatic N) is 2. The maximum Gasteiger partial charge on any atom is 0.147 e. The number of rotatable bonds is 4. The van der Waals surface area contributed by atoms with Gasteiger partial charge >= 0.3 is 0 Å². The fraction of sp³-hybridized carbons (Fsp3) is 0.250. The summed E-state index contributed by atoms with van der Waals surface area (Å²) in [6.07, 6.45) is 3.56. The molecule has 5 heteroatoms. The lowest BCUT2D eigenvalue weighted by molar-refractivity contribution is 0.628. The molecule has 0 unspecified atom stereocenters. The fourth-order valence-electron chi connectivity index (χ4n) is 1.60. The van der Waals surface area contributed by atoms with Gasteiger partial charge in [0.15, 0.2) is 0 Å². The molecule has 2 aromatic rings. The van der Waals surface area contributed by atoms with Crippen LogP contribution in [0.3, 0.4) is 0 Å². The van der Waals surface area contributed by atoms with Crippen LogP contribution in [0.2, 0.25) is 0 Å². The van der Waals surface area contributed by atoms with Gasteiger partial charge in [-0.05, 0) is 25.1 Å². The van der Waals surface area contributed by atoms with E-state index in [1.165, 1.54) is 6.07 Å². The molecule has 1 aromatic heterocycles. The van der Waals surface area contributed by atoms with Gasteiger partial charge in [-0.25, -0.2) is 9.37 Å². The number of halogens is 2. The van der Waals surface area contributed by atoms with Crippen molar-refractivity contribution in [3.63, 3.8) is 0 Å². The van der Waals surface area contributed by atoms with Gasteiger partial charge in [0.2, 0.25) is 0 Å². The number of nitrogens with one attached hydrogen (secondary N) is 1. The van der Waals surface area contributed by atoms with Gasteiger partial charge in [0.25, 0.3) is 0 Å². The van der Waals surface area contributed by atoms with Gasteiger partial charge in [0.05, 0.1) is 24.3 Å². The second-order valence-electron chi connectivity index (χ2n) is 3.65. The summed E-state index contributed by atoms with van der Waals surface area (Å²) >= 11 is 3.23. The van der Waals surface area contributed by atoms with Crippen molar-refractivity contribution in [1.29, 1.82) is 0 Å². The zero-order valence-electron chi connectivity index (χ0n) is 9.45. The highest BCUT2D eigenvalue weighted by molar-refractivity contribution is 9.10. The van der Waals surface area contributed by atoms with Gasteiger partial charge < -0.3 is 9.88 Å². The Hall–Kier alpha value is -1.36. The first-order valence-corrected chi connectivity index (χ1v) is 6.18. The van der Waals surface area contributed by atoms with Crippen LogP contribution in [-0.4, -0.2) is 9.55 Å². The summed E-state index contributed by atoms with van der Waals surface area (Å²) in [6, 6.07) is 4.97. The summed E-state index contributed by atoms with van der Waals surface area (Å²) in [5, 5.41) is 3.06. The van der Waals surface area contributed by atoms with E-state index in [4.69, 9.17) is 0 Å². The third-order valence-corrected chi connectivity index (χ3v) is 3.02. The van der Waals surface area contributed by atoms with Crippen molar-refractivity contribution in [2.45, 2.75) is 20.0 Å². The Morgan fingerprint density at radius 3 is 3.00 bits per heavy atom. The molecule has 0 saturated heterocycles. The van der Waals surface area contributed by atoms with Gasteiger partial charge in [-0.3, -0.25) is 0 Å². The Balaban J connectivity index is 2.07. The summed E-state index contributed by atoms with van der Waals surface area (Å²) in [4.78, 5) is 4.06. The van der Waals surface area contributed by atoms with E-state index in [-0.39, 0.29) is 5.82 Å². The molecule has 0 radical (unpaired) electrons. The zero-order valence-corrected chi connectivity index (χ0v) is 11.0. The van der Waals surface area contributed by atoms with Crippen molar-refractivity contribution in [2.24, 2.45) is 0 Å². The highest BCUT2D eigenvalue weighted by atomic mass is 79.9. The van der Waals surface area contributed by atoms with Gasteiger partial charge in [0, 0.05) is 17.2 Å². The molecular formula is C12H13BrFN3. The minimum absolute atomic E-state index is 0.262. The summed E-state index contributed by atoms with van der Waals surface area (Å²) < 4.78 is 16.3. The molecule has 0 aliphatic heterocycles. The molecule has 1 N–H and O–H groups in total. The molecule has 2 rings (SSSR count). The molecule has 0 atom stereocenters. The lowest BCUT2D eigenvalue weighted by atomic mass is 10.3. The first-order chi connectivity index (χ1) is 8.20. The van der Waals surface area contributed by atoms with E-state index in [1.807, 2.05) is 17.6 Å². The van der Waals surface area contributed by atoms with Crippen molar-refractivity contribution in [3.05, 3.63) is 46.7 Å². The van der Waals surface area contributed by atoms with Crippen LogP contribution in [0.5, 0.6) is 0 Å². The van der Waals surface area contributed by atoms with Crippen LogP contribution >= 0.6 is 15.9 Å². The average molecular weight is 298 g/mol.